The van der Waals surface area contributed by atoms with Gasteiger partial charge in [-0.05, 0) is 81.1 Å². The average Bonchev–Trinajstić information content (AvgIpc) is 2.67. The molecule has 3 rings (SSSR count). The third-order valence-electron chi connectivity index (χ3n) is 3.77. The van der Waals surface area contributed by atoms with Crippen LogP contribution in [0.5, 0.6) is 11.5 Å². The van der Waals surface area contributed by atoms with Crippen LogP contribution in [0, 0.1) is 0 Å². The molecule has 3 N–H and O–H groups in total. The largest absolute Gasteiger partial charge is 0.507 e. The lowest BCUT2D eigenvalue weighted by molar-refractivity contribution is -0.106. The summed E-state index contributed by atoms with van der Waals surface area (Å²) < 4.78 is 12.3. The summed E-state index contributed by atoms with van der Waals surface area (Å²) >= 11 is 6.37. The first kappa shape index (κ1) is 22.2. The van der Waals surface area contributed by atoms with Gasteiger partial charge in [-0.3, -0.25) is 0 Å². The fourth-order valence-electron chi connectivity index (χ4n) is 2.32. The van der Waals surface area contributed by atoms with Gasteiger partial charge in [0.1, 0.15) is 11.5 Å². The van der Waals surface area contributed by atoms with E-state index in [2.05, 4.69) is 31.9 Å². The minimum absolute atomic E-state index is 0.0649. The summed E-state index contributed by atoms with van der Waals surface area (Å²) in [5.74, 6) is -1.57. The van der Waals surface area contributed by atoms with Crippen molar-refractivity contribution in [3.05, 3.63) is 56.5 Å². The highest BCUT2D eigenvalue weighted by Gasteiger charge is 2.17. The van der Waals surface area contributed by atoms with Gasteiger partial charge < -0.3 is 24.8 Å². The van der Waals surface area contributed by atoms with E-state index >= 15 is 0 Å². The monoisotopic (exact) mass is 516 g/mol. The smallest absolute Gasteiger partial charge is 0.335 e. The van der Waals surface area contributed by atoms with Gasteiger partial charge in [0.15, 0.2) is 6.29 Å². The molecule has 1 heterocycles. The van der Waals surface area contributed by atoms with Crippen molar-refractivity contribution in [2.45, 2.75) is 25.6 Å². The summed E-state index contributed by atoms with van der Waals surface area (Å²) in [5, 5.41) is 26.4. The number of ether oxygens (including phenoxy) is 2. The van der Waals surface area contributed by atoms with Crippen molar-refractivity contribution >= 4 is 43.8 Å². The Hall–Kier alpha value is -2.10. The molecule has 0 radical (unpaired) electrons. The molecule has 1 aliphatic heterocycles. The molecule has 28 heavy (non-hydrogen) atoms. The van der Waals surface area contributed by atoms with Crippen molar-refractivity contribution in [1.82, 2.24) is 0 Å². The van der Waals surface area contributed by atoms with E-state index in [0.717, 1.165) is 23.7 Å². The van der Waals surface area contributed by atoms with Gasteiger partial charge in [-0.25, -0.2) is 9.59 Å². The highest BCUT2D eigenvalue weighted by atomic mass is 79.9. The molecule has 0 spiro atoms. The zero-order valence-corrected chi connectivity index (χ0v) is 17.8. The number of phenolic OH excluding ortho intramolecular Hbond substituents is 1. The number of rotatable bonds is 4. The topological polar surface area (TPSA) is 113 Å². The number of halogens is 2. The SMILES string of the molecule is O=C(O)c1ccc(Br)c(O)c1.O=C(O)c1ccc(Br)c(OC2CCCCO2)c1. The molecular weight excluding hydrogens is 500 g/mol. The highest BCUT2D eigenvalue weighted by molar-refractivity contribution is 9.10. The van der Waals surface area contributed by atoms with Crippen LogP contribution in [0.4, 0.5) is 0 Å². The molecule has 150 valence electrons. The van der Waals surface area contributed by atoms with Crippen LogP contribution >= 0.6 is 31.9 Å². The van der Waals surface area contributed by atoms with E-state index in [1.165, 1.54) is 30.3 Å². The Morgan fingerprint density at radius 2 is 1.57 bits per heavy atom. The molecule has 1 fully saturated rings. The van der Waals surface area contributed by atoms with Crippen LogP contribution in [0.1, 0.15) is 40.0 Å². The van der Waals surface area contributed by atoms with E-state index in [0.29, 0.717) is 16.8 Å². The number of phenols is 1. The number of hydrogen-bond donors (Lipinski definition) is 3. The Balaban J connectivity index is 0.000000221. The second-order valence-electron chi connectivity index (χ2n) is 5.84. The van der Waals surface area contributed by atoms with E-state index in [9.17, 15) is 9.59 Å². The van der Waals surface area contributed by atoms with E-state index < -0.39 is 11.9 Å². The second kappa shape index (κ2) is 10.4. The van der Waals surface area contributed by atoms with Crippen LogP contribution in [0.25, 0.3) is 0 Å². The standard InChI is InChI=1S/C12H13BrO4.C7H5BrO3/c13-9-5-4-8(12(14)15)7-10(9)17-11-3-1-2-6-16-11;8-5-2-1-4(7(10)11)3-6(5)9/h4-5,7,11H,1-3,6H2,(H,14,15);1-3,9H,(H,10,11). The highest BCUT2D eigenvalue weighted by Crippen LogP contribution is 2.29. The van der Waals surface area contributed by atoms with Crippen LogP contribution in [0.2, 0.25) is 0 Å². The fraction of sp³-hybridized carbons (Fsp3) is 0.263. The van der Waals surface area contributed by atoms with Crippen LogP contribution in [0.3, 0.4) is 0 Å². The number of benzene rings is 2. The molecule has 9 heteroatoms. The summed E-state index contributed by atoms with van der Waals surface area (Å²) in [6, 6.07) is 8.78. The van der Waals surface area contributed by atoms with E-state index in [1.807, 2.05) is 0 Å². The lowest BCUT2D eigenvalue weighted by atomic mass is 10.2. The molecule has 0 bridgehead atoms. The summed E-state index contributed by atoms with van der Waals surface area (Å²) in [6.45, 7) is 0.695. The minimum Gasteiger partial charge on any atom is -0.507 e. The van der Waals surface area contributed by atoms with Gasteiger partial charge in [-0.15, -0.1) is 0 Å². The van der Waals surface area contributed by atoms with Crippen molar-refractivity contribution < 1.29 is 34.4 Å². The van der Waals surface area contributed by atoms with E-state index in [1.54, 1.807) is 6.07 Å². The first-order chi connectivity index (χ1) is 13.3. The van der Waals surface area contributed by atoms with Gasteiger partial charge in [0.2, 0.25) is 0 Å². The van der Waals surface area contributed by atoms with Crippen molar-refractivity contribution in [2.24, 2.45) is 0 Å². The molecule has 0 aromatic heterocycles. The number of carbonyl (C=O) groups is 2. The molecular formula is C19H18Br2O7. The molecule has 1 unspecified atom stereocenters. The number of aromatic hydroxyl groups is 1. The molecule has 1 saturated heterocycles. The average molecular weight is 518 g/mol. The van der Waals surface area contributed by atoms with Gasteiger partial charge in [0.05, 0.1) is 26.7 Å². The number of carboxylic acids is 2. The molecule has 7 nitrogen and oxygen atoms in total. The molecule has 1 aliphatic rings. The zero-order chi connectivity index (χ0) is 20.7. The van der Waals surface area contributed by atoms with E-state index in [4.69, 9.17) is 24.8 Å². The maximum absolute atomic E-state index is 10.9. The molecule has 0 aliphatic carbocycles. The molecule has 0 saturated carbocycles. The fourth-order valence-corrected chi connectivity index (χ4v) is 2.90. The lowest BCUT2D eigenvalue weighted by Crippen LogP contribution is -2.25. The van der Waals surface area contributed by atoms with Crippen molar-refractivity contribution in [3.63, 3.8) is 0 Å². The second-order valence-corrected chi connectivity index (χ2v) is 7.54. The third kappa shape index (κ3) is 6.50. The number of hydrogen-bond acceptors (Lipinski definition) is 5. The number of carboxylic acid groups (broad SMARTS) is 2. The summed E-state index contributed by atoms with van der Waals surface area (Å²) in [5.41, 5.74) is 0.282. The predicted molar refractivity (Wildman–Crippen MR) is 108 cm³/mol. The van der Waals surface area contributed by atoms with Crippen molar-refractivity contribution in [1.29, 1.82) is 0 Å². The summed E-state index contributed by atoms with van der Waals surface area (Å²) in [4.78, 5) is 21.2. The maximum atomic E-state index is 10.9. The van der Waals surface area contributed by atoms with Gasteiger partial charge in [-0.2, -0.15) is 0 Å². The molecule has 0 amide bonds. The Labute approximate surface area is 178 Å². The molecule has 1 atom stereocenters. The Morgan fingerprint density at radius 1 is 0.964 bits per heavy atom. The van der Waals surface area contributed by atoms with Crippen molar-refractivity contribution in [2.75, 3.05) is 6.61 Å². The normalized spacial score (nSPS) is 15.9. The first-order valence-electron chi connectivity index (χ1n) is 8.31. The quantitative estimate of drug-likeness (QED) is 0.528. The van der Waals surface area contributed by atoms with Crippen LogP contribution in [0.15, 0.2) is 45.3 Å². The Bertz CT molecular complexity index is 848. The number of aromatic carboxylic acids is 2. The van der Waals surface area contributed by atoms with Crippen LogP contribution < -0.4 is 4.74 Å². The Morgan fingerprint density at radius 3 is 2.11 bits per heavy atom. The molecule has 2 aromatic rings. The van der Waals surface area contributed by atoms with Gasteiger partial charge in [0, 0.05) is 6.42 Å². The van der Waals surface area contributed by atoms with Crippen LogP contribution in [-0.2, 0) is 4.74 Å². The van der Waals surface area contributed by atoms with Crippen LogP contribution in [-0.4, -0.2) is 40.2 Å². The Kier molecular flexibility index (Phi) is 8.28. The first-order valence-corrected chi connectivity index (χ1v) is 9.89. The van der Waals surface area contributed by atoms with E-state index in [-0.39, 0.29) is 23.2 Å². The minimum atomic E-state index is -1.05. The van der Waals surface area contributed by atoms with Gasteiger partial charge >= 0.3 is 11.9 Å². The zero-order valence-electron chi connectivity index (χ0n) is 14.6. The predicted octanol–water partition coefficient (Wildman–Crippen LogP) is 4.91. The lowest BCUT2D eigenvalue weighted by Gasteiger charge is -2.24. The molecule has 2 aromatic carbocycles. The van der Waals surface area contributed by atoms with Crippen molar-refractivity contribution in [3.8, 4) is 11.5 Å². The van der Waals surface area contributed by atoms with Gasteiger partial charge in [-0.1, -0.05) is 0 Å². The summed E-state index contributed by atoms with van der Waals surface area (Å²) in [6.07, 6.45) is 2.69. The summed E-state index contributed by atoms with van der Waals surface area (Å²) in [7, 11) is 0. The van der Waals surface area contributed by atoms with Gasteiger partial charge in [0.25, 0.3) is 0 Å². The third-order valence-corrected chi connectivity index (χ3v) is 5.09. The maximum Gasteiger partial charge on any atom is 0.335 e.